The van der Waals surface area contributed by atoms with Crippen molar-refractivity contribution >= 4 is 7.82 Å². The van der Waals surface area contributed by atoms with E-state index in [1.54, 1.807) is 0 Å². The van der Waals surface area contributed by atoms with Crippen LogP contribution in [0.5, 0.6) is 0 Å². The zero-order valence-corrected chi connectivity index (χ0v) is 21.6. The van der Waals surface area contributed by atoms with Crippen molar-refractivity contribution in [1.29, 1.82) is 0 Å². The zero-order chi connectivity index (χ0) is 23.8. The van der Waals surface area contributed by atoms with E-state index in [0.29, 0.717) is 19.8 Å². The van der Waals surface area contributed by atoms with Crippen LogP contribution in [0.3, 0.4) is 0 Å². The van der Waals surface area contributed by atoms with Gasteiger partial charge in [0.05, 0.1) is 13.2 Å². The largest absolute Gasteiger partial charge is 0.469 e. The van der Waals surface area contributed by atoms with Crippen LogP contribution in [0.4, 0.5) is 0 Å². The number of allylic oxidation sites excluding steroid dienone is 1. The summed E-state index contributed by atoms with van der Waals surface area (Å²) in [5.41, 5.74) is 0. The number of rotatable bonds is 26. The Bertz CT molecular complexity index is 440. The molecule has 0 aromatic carbocycles. The number of ether oxygens (including phenoxy) is 2. The normalized spacial score (nSPS) is 12.8. The molecule has 0 rings (SSSR count). The fourth-order valence-electron chi connectivity index (χ4n) is 3.58. The van der Waals surface area contributed by atoms with Crippen molar-refractivity contribution in [1.82, 2.24) is 0 Å². The summed E-state index contributed by atoms with van der Waals surface area (Å²) in [4.78, 5) is 17.8. The fraction of sp³-hybridized carbons (Fsp3) is 0.920. The van der Waals surface area contributed by atoms with E-state index in [1.165, 1.54) is 77.0 Å². The van der Waals surface area contributed by atoms with Gasteiger partial charge in [-0.15, -0.1) is 6.58 Å². The fourth-order valence-corrected chi connectivity index (χ4v) is 3.94. The predicted octanol–water partition coefficient (Wildman–Crippen LogP) is 7.34. The lowest BCUT2D eigenvalue weighted by molar-refractivity contribution is -0.0428. The van der Waals surface area contributed by atoms with Gasteiger partial charge >= 0.3 is 7.82 Å². The predicted molar refractivity (Wildman–Crippen MR) is 133 cm³/mol. The highest BCUT2D eigenvalue weighted by molar-refractivity contribution is 7.46. The Balaban J connectivity index is 3.58. The van der Waals surface area contributed by atoms with Crippen molar-refractivity contribution < 1.29 is 28.3 Å². The molecule has 0 aromatic heterocycles. The first-order valence-electron chi connectivity index (χ1n) is 13.0. The molecule has 0 saturated carbocycles. The average Bonchev–Trinajstić information content (AvgIpc) is 2.75. The van der Waals surface area contributed by atoms with E-state index in [4.69, 9.17) is 19.3 Å². The highest BCUT2D eigenvalue weighted by atomic mass is 31.2. The Labute approximate surface area is 197 Å². The average molecular weight is 479 g/mol. The number of hydrogen-bond donors (Lipinski definition) is 2. The van der Waals surface area contributed by atoms with E-state index in [1.807, 2.05) is 6.08 Å². The van der Waals surface area contributed by atoms with Crippen LogP contribution in [0.2, 0.25) is 0 Å². The van der Waals surface area contributed by atoms with E-state index in [0.717, 1.165) is 32.1 Å². The number of phosphoric acid groups is 1. The van der Waals surface area contributed by atoms with Crippen molar-refractivity contribution in [3.8, 4) is 0 Å². The molecule has 0 aliphatic heterocycles. The van der Waals surface area contributed by atoms with E-state index in [-0.39, 0.29) is 6.61 Å². The van der Waals surface area contributed by atoms with Gasteiger partial charge in [0.25, 0.3) is 0 Å². The molecular formula is C25H51O6P. The van der Waals surface area contributed by atoms with E-state index in [9.17, 15) is 4.57 Å². The maximum atomic E-state index is 10.9. The molecular weight excluding hydrogens is 427 g/mol. The second-order valence-corrected chi connectivity index (χ2v) is 9.97. The minimum Gasteiger partial charge on any atom is -0.379 e. The second kappa shape index (κ2) is 23.9. The van der Waals surface area contributed by atoms with Gasteiger partial charge in [0.15, 0.2) is 0 Å². The van der Waals surface area contributed by atoms with Crippen molar-refractivity contribution in [2.75, 3.05) is 26.4 Å². The van der Waals surface area contributed by atoms with Crippen molar-refractivity contribution in [2.45, 2.75) is 122 Å². The number of phosphoric ester groups is 1. The monoisotopic (exact) mass is 478 g/mol. The summed E-state index contributed by atoms with van der Waals surface area (Å²) in [6.45, 7) is 7.25. The van der Waals surface area contributed by atoms with Crippen LogP contribution in [-0.4, -0.2) is 42.3 Å². The highest BCUT2D eigenvalue weighted by Crippen LogP contribution is 2.35. The van der Waals surface area contributed by atoms with Crippen LogP contribution in [0.15, 0.2) is 12.7 Å². The van der Waals surface area contributed by atoms with E-state index in [2.05, 4.69) is 18.0 Å². The van der Waals surface area contributed by atoms with Crippen molar-refractivity contribution in [2.24, 2.45) is 0 Å². The molecule has 0 spiro atoms. The Morgan fingerprint density at radius 1 is 0.750 bits per heavy atom. The molecule has 0 bridgehead atoms. The summed E-state index contributed by atoms with van der Waals surface area (Å²) in [6, 6.07) is 0. The minimum absolute atomic E-state index is 0.162. The maximum absolute atomic E-state index is 10.9. The molecule has 6 nitrogen and oxygen atoms in total. The molecule has 192 valence electrons. The summed E-state index contributed by atoms with van der Waals surface area (Å²) in [5.74, 6) is 0. The Kier molecular flexibility index (Phi) is 23.7. The van der Waals surface area contributed by atoms with Gasteiger partial charge < -0.3 is 19.3 Å². The molecule has 0 unspecified atom stereocenters. The third kappa shape index (κ3) is 26.0. The van der Waals surface area contributed by atoms with Gasteiger partial charge in [-0.2, -0.15) is 0 Å². The number of unbranched alkanes of at least 4 members (excludes halogenated alkanes) is 15. The summed E-state index contributed by atoms with van der Waals surface area (Å²) in [7, 11) is -4.49. The molecule has 0 heterocycles. The van der Waals surface area contributed by atoms with Gasteiger partial charge in [0.2, 0.25) is 0 Å². The third-order valence-electron chi connectivity index (χ3n) is 5.53. The van der Waals surface area contributed by atoms with Gasteiger partial charge in [-0.25, -0.2) is 4.57 Å². The van der Waals surface area contributed by atoms with E-state index >= 15 is 0 Å². The first kappa shape index (κ1) is 31.8. The molecule has 0 radical (unpaired) electrons. The highest BCUT2D eigenvalue weighted by Gasteiger charge is 2.19. The Hall–Kier alpha value is -0.230. The number of hydrogen-bond acceptors (Lipinski definition) is 4. The molecule has 0 aliphatic carbocycles. The van der Waals surface area contributed by atoms with Gasteiger partial charge in [-0.05, 0) is 25.7 Å². The molecule has 0 amide bonds. The molecule has 2 N–H and O–H groups in total. The molecule has 1 atom stereocenters. The van der Waals surface area contributed by atoms with Crippen molar-refractivity contribution in [3.63, 3.8) is 0 Å². The smallest absolute Gasteiger partial charge is 0.379 e. The minimum atomic E-state index is -4.49. The lowest BCUT2D eigenvalue weighted by Gasteiger charge is -2.18. The van der Waals surface area contributed by atoms with Crippen LogP contribution >= 0.6 is 7.82 Å². The Morgan fingerprint density at radius 2 is 1.25 bits per heavy atom. The summed E-state index contributed by atoms with van der Waals surface area (Å²) in [6.07, 6.45) is 22.7. The first-order chi connectivity index (χ1) is 15.5. The van der Waals surface area contributed by atoms with Crippen LogP contribution in [0.25, 0.3) is 0 Å². The van der Waals surface area contributed by atoms with Gasteiger partial charge in [0, 0.05) is 13.2 Å². The molecule has 0 saturated heterocycles. The lowest BCUT2D eigenvalue weighted by Crippen LogP contribution is -2.26. The zero-order valence-electron chi connectivity index (χ0n) is 20.7. The summed E-state index contributed by atoms with van der Waals surface area (Å²) >= 11 is 0. The van der Waals surface area contributed by atoms with Crippen LogP contribution in [-0.2, 0) is 18.6 Å². The lowest BCUT2D eigenvalue weighted by atomic mass is 10.0. The topological polar surface area (TPSA) is 85.2 Å². The Morgan fingerprint density at radius 3 is 1.75 bits per heavy atom. The van der Waals surface area contributed by atoms with Gasteiger partial charge in [-0.1, -0.05) is 96.5 Å². The van der Waals surface area contributed by atoms with Crippen LogP contribution in [0.1, 0.15) is 116 Å². The maximum Gasteiger partial charge on any atom is 0.469 e. The first-order valence-corrected chi connectivity index (χ1v) is 14.5. The summed E-state index contributed by atoms with van der Waals surface area (Å²) in [5, 5.41) is 0. The molecule has 0 aromatic rings. The molecule has 0 aliphatic rings. The molecule has 32 heavy (non-hydrogen) atoms. The van der Waals surface area contributed by atoms with Crippen molar-refractivity contribution in [3.05, 3.63) is 12.7 Å². The standard InChI is InChI=1S/C25H51O6P/c1-3-5-7-9-10-11-12-13-14-15-16-17-18-19-21-29-23-25(24-31-32(26,27)28)30-22-20-8-6-4-2/h4,25H,2-3,5-24H2,1H3,(H2,26,27,28)/t25-/m0/s1. The SMILES string of the molecule is C=CCCCCO[C@@H](COCCCCCCCCCCCCCCCC)COP(=O)(O)O. The quantitative estimate of drug-likeness (QED) is 0.0769. The van der Waals surface area contributed by atoms with Gasteiger partial charge in [-0.3, -0.25) is 4.52 Å². The van der Waals surface area contributed by atoms with Crippen LogP contribution in [0, 0.1) is 0 Å². The summed E-state index contributed by atoms with van der Waals surface area (Å²) < 4.78 is 26.9. The molecule has 0 fully saturated rings. The van der Waals surface area contributed by atoms with E-state index < -0.39 is 13.9 Å². The molecule has 7 heteroatoms. The third-order valence-corrected chi connectivity index (χ3v) is 6.02. The van der Waals surface area contributed by atoms with Gasteiger partial charge in [0.1, 0.15) is 6.10 Å². The second-order valence-electron chi connectivity index (χ2n) is 8.73. The van der Waals surface area contributed by atoms with Crippen LogP contribution < -0.4 is 0 Å².